The smallest absolute Gasteiger partial charge is 0.254 e. The van der Waals surface area contributed by atoms with Gasteiger partial charge in [-0.25, -0.2) is 0 Å². The highest BCUT2D eigenvalue weighted by molar-refractivity contribution is 5.95. The van der Waals surface area contributed by atoms with Gasteiger partial charge in [-0.2, -0.15) is 4.98 Å². The number of carbonyl (C=O) groups is 2. The van der Waals surface area contributed by atoms with Crippen LogP contribution < -0.4 is 14.8 Å². The maximum absolute atomic E-state index is 12.9. The highest BCUT2D eigenvalue weighted by Crippen LogP contribution is 2.25. The van der Waals surface area contributed by atoms with Crippen molar-refractivity contribution >= 4 is 11.8 Å². The lowest BCUT2D eigenvalue weighted by atomic mass is 9.95. The molecule has 1 N–H and O–H groups in total. The second-order valence-corrected chi connectivity index (χ2v) is 7.30. The molecule has 2 amide bonds. The molecule has 0 spiro atoms. The van der Waals surface area contributed by atoms with E-state index in [1.165, 1.54) is 0 Å². The molecule has 1 saturated heterocycles. The van der Waals surface area contributed by atoms with Gasteiger partial charge in [0.2, 0.25) is 11.8 Å². The Morgan fingerprint density at radius 1 is 1.17 bits per heavy atom. The molecule has 162 valence electrons. The number of nitrogens with one attached hydrogen (secondary N) is 1. The van der Waals surface area contributed by atoms with E-state index in [-0.39, 0.29) is 17.7 Å². The van der Waals surface area contributed by atoms with E-state index in [9.17, 15) is 9.59 Å². The van der Waals surface area contributed by atoms with E-state index in [0.29, 0.717) is 67.7 Å². The van der Waals surface area contributed by atoms with Crippen LogP contribution in [0.2, 0.25) is 0 Å². The van der Waals surface area contributed by atoms with E-state index in [0.717, 1.165) is 6.42 Å². The maximum atomic E-state index is 12.9. The number of carbonyl (C=O) groups excluding carboxylic acids is 2. The quantitative estimate of drug-likeness (QED) is 0.656. The lowest BCUT2D eigenvalue weighted by molar-refractivity contribution is -0.126. The van der Waals surface area contributed by atoms with Crippen molar-refractivity contribution in [1.82, 2.24) is 20.4 Å². The van der Waals surface area contributed by atoms with Gasteiger partial charge in [0.25, 0.3) is 5.91 Å². The summed E-state index contributed by atoms with van der Waals surface area (Å²) in [6.45, 7) is 3.41. The highest BCUT2D eigenvalue weighted by atomic mass is 16.5. The Bertz CT molecular complexity index is 852. The Hall–Kier alpha value is -3.10. The summed E-state index contributed by atoms with van der Waals surface area (Å²) in [5, 5.41) is 6.72. The monoisotopic (exact) mass is 416 g/mol. The summed E-state index contributed by atoms with van der Waals surface area (Å²) >= 11 is 0. The number of aryl methyl sites for hydroxylation is 2. The van der Waals surface area contributed by atoms with E-state index in [2.05, 4.69) is 15.5 Å². The van der Waals surface area contributed by atoms with Crippen molar-refractivity contribution in [3.05, 3.63) is 35.5 Å². The first-order valence-electron chi connectivity index (χ1n) is 10.1. The fourth-order valence-corrected chi connectivity index (χ4v) is 3.50. The summed E-state index contributed by atoms with van der Waals surface area (Å²) in [5.74, 6) is 2.21. The number of hydrogen-bond acceptors (Lipinski definition) is 7. The summed E-state index contributed by atoms with van der Waals surface area (Å²) in [7, 11) is 3.10. The molecule has 2 heterocycles. The van der Waals surface area contributed by atoms with Gasteiger partial charge in [0.05, 0.1) is 14.2 Å². The molecule has 1 aliphatic rings. The van der Waals surface area contributed by atoms with E-state index < -0.39 is 0 Å². The minimum Gasteiger partial charge on any atom is -0.497 e. The van der Waals surface area contributed by atoms with Gasteiger partial charge in [-0.1, -0.05) is 5.16 Å². The Labute approximate surface area is 175 Å². The molecule has 0 bridgehead atoms. The minimum atomic E-state index is -0.0838. The van der Waals surface area contributed by atoms with Crippen LogP contribution in [-0.4, -0.2) is 60.7 Å². The van der Waals surface area contributed by atoms with Crippen molar-refractivity contribution in [2.75, 3.05) is 33.9 Å². The molecule has 0 aliphatic carbocycles. The van der Waals surface area contributed by atoms with Gasteiger partial charge in [0.1, 0.15) is 11.5 Å². The Balaban J connectivity index is 1.44. The Morgan fingerprint density at radius 2 is 1.83 bits per heavy atom. The molecule has 1 aliphatic heterocycles. The number of likely N-dealkylation sites (tertiary alicyclic amines) is 1. The predicted octanol–water partition coefficient (Wildman–Crippen LogP) is 2.00. The van der Waals surface area contributed by atoms with Crippen molar-refractivity contribution in [1.29, 1.82) is 0 Å². The van der Waals surface area contributed by atoms with Gasteiger partial charge < -0.3 is 24.2 Å². The largest absolute Gasteiger partial charge is 0.497 e. The number of hydrogen-bond donors (Lipinski definition) is 1. The topological polar surface area (TPSA) is 107 Å². The Kier molecular flexibility index (Phi) is 7.26. The number of benzene rings is 1. The van der Waals surface area contributed by atoms with Gasteiger partial charge in [0, 0.05) is 43.6 Å². The molecule has 3 rings (SSSR count). The first-order valence-corrected chi connectivity index (χ1v) is 10.1. The molecule has 1 aromatic heterocycles. The van der Waals surface area contributed by atoms with Crippen LogP contribution >= 0.6 is 0 Å². The van der Waals surface area contributed by atoms with Crippen molar-refractivity contribution in [3.8, 4) is 11.5 Å². The second kappa shape index (κ2) is 10.1. The van der Waals surface area contributed by atoms with E-state index >= 15 is 0 Å². The van der Waals surface area contributed by atoms with Crippen LogP contribution in [-0.2, 0) is 11.2 Å². The van der Waals surface area contributed by atoms with Crippen LogP contribution in [0.4, 0.5) is 0 Å². The third-order valence-electron chi connectivity index (χ3n) is 5.19. The average Bonchev–Trinajstić information content (AvgIpc) is 3.20. The highest BCUT2D eigenvalue weighted by Gasteiger charge is 2.28. The third kappa shape index (κ3) is 5.49. The lowest BCUT2D eigenvalue weighted by Crippen LogP contribution is -2.43. The first-order chi connectivity index (χ1) is 14.5. The molecule has 1 aromatic carbocycles. The lowest BCUT2D eigenvalue weighted by Gasteiger charge is -2.31. The predicted molar refractivity (Wildman–Crippen MR) is 109 cm³/mol. The fraction of sp³-hybridized carbons (Fsp3) is 0.524. The molecule has 9 nitrogen and oxygen atoms in total. The van der Waals surface area contributed by atoms with Crippen LogP contribution in [0, 0.1) is 12.8 Å². The van der Waals surface area contributed by atoms with Crippen LogP contribution in [0.15, 0.2) is 22.7 Å². The number of rotatable bonds is 8. The first kappa shape index (κ1) is 21.6. The van der Waals surface area contributed by atoms with Gasteiger partial charge in [-0.05, 0) is 38.3 Å². The summed E-state index contributed by atoms with van der Waals surface area (Å²) in [5.41, 5.74) is 0.519. The number of nitrogens with zero attached hydrogens (tertiary/aromatic N) is 3. The molecular formula is C21H28N4O5. The molecular weight excluding hydrogens is 388 g/mol. The number of ether oxygens (including phenoxy) is 2. The van der Waals surface area contributed by atoms with Crippen LogP contribution in [0.25, 0.3) is 0 Å². The molecule has 30 heavy (non-hydrogen) atoms. The molecule has 0 radical (unpaired) electrons. The average molecular weight is 416 g/mol. The van der Waals surface area contributed by atoms with Crippen molar-refractivity contribution in [3.63, 3.8) is 0 Å². The SMILES string of the molecule is COc1cc(OC)cc(C(=O)N2CCC(C(=O)NCCCc3nc(C)no3)CC2)c1. The van der Waals surface area contributed by atoms with Gasteiger partial charge in [-0.3, -0.25) is 9.59 Å². The van der Waals surface area contributed by atoms with Gasteiger partial charge in [-0.15, -0.1) is 0 Å². The molecule has 1 fully saturated rings. The molecule has 2 aromatic rings. The second-order valence-electron chi connectivity index (χ2n) is 7.30. The summed E-state index contributed by atoms with van der Waals surface area (Å²) in [4.78, 5) is 31.2. The number of amides is 2. The van der Waals surface area contributed by atoms with Crippen LogP contribution in [0.3, 0.4) is 0 Å². The minimum absolute atomic E-state index is 0.0341. The molecule has 0 saturated carbocycles. The summed E-state index contributed by atoms with van der Waals surface area (Å²) in [6, 6.07) is 5.13. The third-order valence-corrected chi connectivity index (χ3v) is 5.19. The molecule has 0 atom stereocenters. The van der Waals surface area contributed by atoms with E-state index in [1.807, 2.05) is 0 Å². The number of piperidine rings is 1. The van der Waals surface area contributed by atoms with Crippen LogP contribution in [0.1, 0.15) is 41.3 Å². The Morgan fingerprint density at radius 3 is 2.40 bits per heavy atom. The zero-order chi connectivity index (χ0) is 21.5. The van der Waals surface area contributed by atoms with Gasteiger partial charge >= 0.3 is 0 Å². The zero-order valence-corrected chi connectivity index (χ0v) is 17.6. The van der Waals surface area contributed by atoms with Crippen molar-refractivity contribution in [2.24, 2.45) is 5.92 Å². The standard InChI is InChI=1S/C21H28N4O5/c1-14-23-19(30-24-14)5-4-8-22-20(26)15-6-9-25(10-7-15)21(27)16-11-17(28-2)13-18(12-16)29-3/h11-13,15H,4-10H2,1-3H3,(H,22,26). The summed E-state index contributed by atoms with van der Waals surface area (Å²) < 4.78 is 15.5. The molecule has 0 unspecified atom stereocenters. The van der Waals surface area contributed by atoms with Crippen molar-refractivity contribution in [2.45, 2.75) is 32.6 Å². The molecule has 9 heteroatoms. The van der Waals surface area contributed by atoms with Crippen LogP contribution in [0.5, 0.6) is 11.5 Å². The van der Waals surface area contributed by atoms with Gasteiger partial charge in [0.15, 0.2) is 5.82 Å². The fourth-order valence-electron chi connectivity index (χ4n) is 3.50. The van der Waals surface area contributed by atoms with E-state index in [4.69, 9.17) is 14.0 Å². The summed E-state index contributed by atoms with van der Waals surface area (Å²) in [6.07, 6.45) is 2.66. The normalized spacial score (nSPS) is 14.4. The number of aromatic nitrogens is 2. The van der Waals surface area contributed by atoms with E-state index in [1.54, 1.807) is 44.2 Å². The number of methoxy groups -OCH3 is 2. The maximum Gasteiger partial charge on any atom is 0.254 e. The van der Waals surface area contributed by atoms with Crippen molar-refractivity contribution < 1.29 is 23.6 Å². The zero-order valence-electron chi connectivity index (χ0n) is 17.6.